The Morgan fingerprint density at radius 1 is 0.955 bits per heavy atom. The summed E-state index contributed by atoms with van der Waals surface area (Å²) in [5.74, 6) is 0.697. The second-order valence-corrected chi connectivity index (χ2v) is 7.14. The van der Waals surface area contributed by atoms with Crippen LogP contribution in [0.2, 0.25) is 0 Å². The Balaban J connectivity index is 1.60. The summed E-state index contributed by atoms with van der Waals surface area (Å²) < 4.78 is 0. The highest BCUT2D eigenvalue weighted by Gasteiger charge is 2.45. The summed E-state index contributed by atoms with van der Waals surface area (Å²) in [7, 11) is 0. The first-order valence-corrected chi connectivity index (χ1v) is 8.96. The van der Waals surface area contributed by atoms with Crippen molar-refractivity contribution < 1.29 is 4.79 Å². The second kappa shape index (κ2) is 6.04. The average molecular weight is 298 g/mol. The Morgan fingerprint density at radius 3 is 2.50 bits per heavy atom. The van der Waals surface area contributed by atoms with Crippen LogP contribution in [0.25, 0.3) is 0 Å². The molecule has 2 unspecified atom stereocenters. The second-order valence-electron chi connectivity index (χ2n) is 7.14. The van der Waals surface area contributed by atoms with Crippen molar-refractivity contribution in [1.29, 1.82) is 0 Å². The molecule has 4 rings (SSSR count). The first-order valence-electron chi connectivity index (χ1n) is 8.96. The van der Waals surface area contributed by atoms with Gasteiger partial charge in [0.25, 0.3) is 0 Å². The van der Waals surface area contributed by atoms with Crippen LogP contribution < -0.4 is 0 Å². The third-order valence-electron chi connectivity index (χ3n) is 5.77. The summed E-state index contributed by atoms with van der Waals surface area (Å²) in [6.07, 6.45) is 8.67. The minimum atomic E-state index is 0.183. The minimum absolute atomic E-state index is 0.183. The normalized spacial score (nSPS) is 29.7. The number of nitrogens with zero attached hydrogens (tertiary/aromatic N) is 2. The van der Waals surface area contributed by atoms with Crippen molar-refractivity contribution in [2.24, 2.45) is 5.92 Å². The lowest BCUT2D eigenvalue weighted by Gasteiger charge is -2.33. The first-order chi connectivity index (χ1) is 10.8. The summed E-state index contributed by atoms with van der Waals surface area (Å²) in [5, 5.41) is 0. The SMILES string of the molecule is O=C(C1CCCCC1)N1CC2CCCN2C1c1ccccc1. The van der Waals surface area contributed by atoms with Crippen LogP contribution in [0.1, 0.15) is 56.7 Å². The smallest absolute Gasteiger partial charge is 0.227 e. The first kappa shape index (κ1) is 14.3. The van der Waals surface area contributed by atoms with E-state index in [-0.39, 0.29) is 12.1 Å². The highest BCUT2D eigenvalue weighted by atomic mass is 16.2. The van der Waals surface area contributed by atoms with Crippen LogP contribution in [0.4, 0.5) is 0 Å². The predicted molar refractivity (Wildman–Crippen MR) is 87.2 cm³/mol. The fourth-order valence-corrected chi connectivity index (χ4v) is 4.67. The van der Waals surface area contributed by atoms with Crippen LogP contribution >= 0.6 is 0 Å². The molecule has 1 aromatic rings. The molecule has 0 bridgehead atoms. The Morgan fingerprint density at radius 2 is 1.73 bits per heavy atom. The lowest BCUT2D eigenvalue weighted by Crippen LogP contribution is -2.39. The van der Waals surface area contributed by atoms with Crippen molar-refractivity contribution in [2.45, 2.75) is 57.2 Å². The third kappa shape index (κ3) is 2.45. The van der Waals surface area contributed by atoms with Crippen LogP contribution in [-0.4, -0.2) is 34.8 Å². The van der Waals surface area contributed by atoms with Gasteiger partial charge in [-0.2, -0.15) is 0 Å². The molecule has 1 saturated carbocycles. The molecule has 0 aromatic heterocycles. The van der Waals surface area contributed by atoms with Crippen LogP contribution in [0.3, 0.4) is 0 Å². The highest BCUT2D eigenvalue weighted by Crippen LogP contribution is 2.40. The molecular formula is C19H26N2O. The van der Waals surface area contributed by atoms with Gasteiger partial charge in [-0.25, -0.2) is 0 Å². The highest BCUT2D eigenvalue weighted by molar-refractivity contribution is 5.79. The van der Waals surface area contributed by atoms with Gasteiger partial charge in [0.15, 0.2) is 0 Å². The van der Waals surface area contributed by atoms with E-state index in [9.17, 15) is 4.79 Å². The molecule has 1 aliphatic carbocycles. The van der Waals surface area contributed by atoms with Gasteiger partial charge in [0.1, 0.15) is 6.17 Å². The maximum Gasteiger partial charge on any atom is 0.227 e. The molecule has 1 amide bonds. The molecule has 3 aliphatic rings. The molecule has 0 spiro atoms. The quantitative estimate of drug-likeness (QED) is 0.833. The summed E-state index contributed by atoms with van der Waals surface area (Å²) in [5.41, 5.74) is 1.29. The lowest BCUT2D eigenvalue weighted by atomic mass is 9.88. The minimum Gasteiger partial charge on any atom is -0.321 e. The number of hydrogen-bond acceptors (Lipinski definition) is 2. The van der Waals surface area contributed by atoms with Gasteiger partial charge in [-0.05, 0) is 31.2 Å². The number of carbonyl (C=O) groups excluding carboxylic acids is 1. The molecule has 3 heteroatoms. The van der Waals surface area contributed by atoms with Gasteiger partial charge in [-0.15, -0.1) is 0 Å². The Bertz CT molecular complexity index is 523. The zero-order chi connectivity index (χ0) is 14.9. The van der Waals surface area contributed by atoms with Gasteiger partial charge in [0.05, 0.1) is 0 Å². The van der Waals surface area contributed by atoms with Gasteiger partial charge in [0, 0.05) is 25.0 Å². The van der Waals surface area contributed by atoms with E-state index in [2.05, 4.69) is 40.1 Å². The van der Waals surface area contributed by atoms with Crippen LogP contribution in [0.5, 0.6) is 0 Å². The van der Waals surface area contributed by atoms with Crippen molar-refractivity contribution in [3.05, 3.63) is 35.9 Å². The number of hydrogen-bond donors (Lipinski definition) is 0. The van der Waals surface area contributed by atoms with Crippen molar-refractivity contribution in [3.8, 4) is 0 Å². The summed E-state index contributed by atoms with van der Waals surface area (Å²) in [4.78, 5) is 17.9. The maximum atomic E-state index is 13.1. The third-order valence-corrected chi connectivity index (χ3v) is 5.77. The van der Waals surface area contributed by atoms with Gasteiger partial charge in [-0.3, -0.25) is 9.69 Å². The molecule has 2 heterocycles. The Labute approximate surface area is 133 Å². The Kier molecular flexibility index (Phi) is 3.91. The molecule has 2 atom stereocenters. The van der Waals surface area contributed by atoms with Gasteiger partial charge < -0.3 is 4.90 Å². The number of benzene rings is 1. The van der Waals surface area contributed by atoms with Crippen molar-refractivity contribution >= 4 is 5.91 Å². The molecule has 22 heavy (non-hydrogen) atoms. The molecule has 3 nitrogen and oxygen atoms in total. The van der Waals surface area contributed by atoms with Gasteiger partial charge in [-0.1, -0.05) is 49.6 Å². The van der Waals surface area contributed by atoms with Crippen LogP contribution in [-0.2, 0) is 4.79 Å². The summed E-state index contributed by atoms with van der Waals surface area (Å²) in [6.45, 7) is 2.08. The van der Waals surface area contributed by atoms with E-state index in [4.69, 9.17) is 0 Å². The van der Waals surface area contributed by atoms with E-state index in [0.29, 0.717) is 11.9 Å². The number of carbonyl (C=O) groups is 1. The average Bonchev–Trinajstić information content (AvgIpc) is 3.16. The molecule has 1 aromatic carbocycles. The van der Waals surface area contributed by atoms with E-state index in [1.165, 1.54) is 37.7 Å². The monoisotopic (exact) mass is 298 g/mol. The molecule has 2 saturated heterocycles. The van der Waals surface area contributed by atoms with Crippen molar-refractivity contribution in [2.75, 3.05) is 13.1 Å². The molecular weight excluding hydrogens is 272 g/mol. The van der Waals surface area contributed by atoms with E-state index < -0.39 is 0 Å². The zero-order valence-electron chi connectivity index (χ0n) is 13.3. The summed E-state index contributed by atoms with van der Waals surface area (Å²) >= 11 is 0. The zero-order valence-corrected chi connectivity index (χ0v) is 13.3. The molecule has 3 fully saturated rings. The predicted octanol–water partition coefficient (Wildman–Crippen LogP) is 3.57. The Hall–Kier alpha value is -1.35. The lowest BCUT2D eigenvalue weighted by molar-refractivity contribution is -0.139. The number of fused-ring (bicyclic) bond motifs is 1. The van der Waals surface area contributed by atoms with Crippen molar-refractivity contribution in [1.82, 2.24) is 9.80 Å². The topological polar surface area (TPSA) is 23.6 Å². The molecule has 0 radical (unpaired) electrons. The maximum absolute atomic E-state index is 13.1. The largest absolute Gasteiger partial charge is 0.321 e. The van der Waals surface area contributed by atoms with E-state index in [1.807, 2.05) is 0 Å². The summed E-state index contributed by atoms with van der Waals surface area (Å²) in [6, 6.07) is 11.2. The van der Waals surface area contributed by atoms with Crippen molar-refractivity contribution in [3.63, 3.8) is 0 Å². The molecule has 0 N–H and O–H groups in total. The fraction of sp³-hybridized carbons (Fsp3) is 0.632. The van der Waals surface area contributed by atoms with Crippen LogP contribution in [0, 0.1) is 5.92 Å². The van der Waals surface area contributed by atoms with Crippen LogP contribution in [0.15, 0.2) is 30.3 Å². The van der Waals surface area contributed by atoms with Gasteiger partial charge in [0.2, 0.25) is 5.91 Å². The molecule has 2 aliphatic heterocycles. The van der Waals surface area contributed by atoms with E-state index >= 15 is 0 Å². The fourth-order valence-electron chi connectivity index (χ4n) is 4.67. The van der Waals surface area contributed by atoms with E-state index in [1.54, 1.807) is 0 Å². The van der Waals surface area contributed by atoms with E-state index in [0.717, 1.165) is 25.9 Å². The van der Waals surface area contributed by atoms with Gasteiger partial charge >= 0.3 is 0 Å². The molecule has 118 valence electrons. The number of amides is 1. The number of rotatable bonds is 2. The standard InChI is InChI=1S/C19H26N2O/c22-19(16-10-5-2-6-11-16)21-14-17-12-7-13-20(17)18(21)15-8-3-1-4-9-15/h1,3-4,8-9,16-18H,2,5-7,10-14H2.